The molecule has 1 fully saturated rings. The van der Waals surface area contributed by atoms with Gasteiger partial charge in [-0.3, -0.25) is 0 Å². The van der Waals surface area contributed by atoms with Gasteiger partial charge in [0.05, 0.1) is 0 Å². The minimum absolute atomic E-state index is 0.254. The van der Waals surface area contributed by atoms with E-state index in [0.29, 0.717) is 6.04 Å². The van der Waals surface area contributed by atoms with Crippen LogP contribution in [-0.4, -0.2) is 29.5 Å². The standard InChI is InChI=1S/C7H16BNO.C2H6/c1-7-5-3-4-6-9(7)8(2)10;1-2/h7,10H,3-6H2,1-2H3;1-2H3. The van der Waals surface area contributed by atoms with E-state index in [2.05, 4.69) is 11.7 Å². The Morgan fingerprint density at radius 2 is 1.92 bits per heavy atom. The first-order chi connectivity index (χ1) is 5.72. The van der Waals surface area contributed by atoms with Crippen LogP contribution in [-0.2, 0) is 0 Å². The van der Waals surface area contributed by atoms with Gasteiger partial charge in [-0.2, -0.15) is 0 Å². The molecule has 0 amide bonds. The van der Waals surface area contributed by atoms with Crippen molar-refractivity contribution in [3.05, 3.63) is 0 Å². The van der Waals surface area contributed by atoms with Crippen LogP contribution in [0, 0.1) is 0 Å². The summed E-state index contributed by atoms with van der Waals surface area (Å²) >= 11 is 0. The molecule has 0 aromatic heterocycles. The van der Waals surface area contributed by atoms with Crippen molar-refractivity contribution < 1.29 is 5.02 Å². The molecule has 1 aliphatic heterocycles. The van der Waals surface area contributed by atoms with E-state index < -0.39 is 0 Å². The van der Waals surface area contributed by atoms with Crippen LogP contribution in [0.5, 0.6) is 0 Å². The molecule has 0 spiro atoms. The Bertz CT molecular complexity index is 109. The van der Waals surface area contributed by atoms with E-state index in [1.165, 1.54) is 19.3 Å². The minimum Gasteiger partial charge on any atom is -0.437 e. The lowest BCUT2D eigenvalue weighted by Gasteiger charge is -2.33. The van der Waals surface area contributed by atoms with Gasteiger partial charge in [-0.1, -0.05) is 27.2 Å². The molecule has 12 heavy (non-hydrogen) atoms. The monoisotopic (exact) mass is 171 g/mol. The fourth-order valence-electron chi connectivity index (χ4n) is 1.68. The third-order valence-corrected chi connectivity index (χ3v) is 2.33. The van der Waals surface area contributed by atoms with Crippen molar-refractivity contribution in [1.29, 1.82) is 0 Å². The first-order valence-electron chi connectivity index (χ1n) is 5.15. The molecule has 3 heteroatoms. The van der Waals surface area contributed by atoms with Crippen LogP contribution in [0.1, 0.15) is 40.0 Å². The number of hydrogen-bond acceptors (Lipinski definition) is 2. The summed E-state index contributed by atoms with van der Waals surface area (Å²) in [5.74, 6) is 0. The van der Waals surface area contributed by atoms with Gasteiger partial charge in [0.15, 0.2) is 0 Å². The molecule has 0 aromatic rings. The molecule has 1 rings (SSSR count). The summed E-state index contributed by atoms with van der Waals surface area (Å²) in [6.07, 6.45) is 3.81. The summed E-state index contributed by atoms with van der Waals surface area (Å²) < 4.78 is 0. The summed E-state index contributed by atoms with van der Waals surface area (Å²) in [4.78, 5) is 2.16. The molecular formula is C9H22BNO. The van der Waals surface area contributed by atoms with Gasteiger partial charge in [-0.15, -0.1) is 0 Å². The van der Waals surface area contributed by atoms with E-state index in [0.717, 1.165) is 6.54 Å². The van der Waals surface area contributed by atoms with Crippen molar-refractivity contribution >= 4 is 7.05 Å². The molecule has 1 heterocycles. The second kappa shape index (κ2) is 6.50. The molecule has 2 nitrogen and oxygen atoms in total. The first-order valence-corrected chi connectivity index (χ1v) is 5.15. The molecule has 1 N–H and O–H groups in total. The van der Waals surface area contributed by atoms with E-state index in [9.17, 15) is 5.02 Å². The average molecular weight is 171 g/mol. The van der Waals surface area contributed by atoms with Crippen LogP contribution in [0.15, 0.2) is 0 Å². The van der Waals surface area contributed by atoms with Crippen LogP contribution < -0.4 is 0 Å². The van der Waals surface area contributed by atoms with Gasteiger partial charge in [0.25, 0.3) is 0 Å². The lowest BCUT2D eigenvalue weighted by atomic mass is 9.80. The van der Waals surface area contributed by atoms with Crippen molar-refractivity contribution in [3.8, 4) is 0 Å². The zero-order valence-electron chi connectivity index (χ0n) is 8.88. The number of piperidine rings is 1. The van der Waals surface area contributed by atoms with Crippen LogP contribution in [0.2, 0.25) is 6.82 Å². The lowest BCUT2D eigenvalue weighted by molar-refractivity contribution is 0.239. The number of hydrogen-bond donors (Lipinski definition) is 1. The van der Waals surface area contributed by atoms with E-state index in [1.807, 2.05) is 20.7 Å². The molecule has 0 radical (unpaired) electrons. The molecular weight excluding hydrogens is 149 g/mol. The zero-order valence-corrected chi connectivity index (χ0v) is 8.88. The number of rotatable bonds is 1. The molecule has 0 bridgehead atoms. The summed E-state index contributed by atoms with van der Waals surface area (Å²) in [6, 6.07) is 0.578. The van der Waals surface area contributed by atoms with Crippen molar-refractivity contribution in [2.75, 3.05) is 6.54 Å². The highest BCUT2D eigenvalue weighted by molar-refractivity contribution is 6.45. The van der Waals surface area contributed by atoms with Crippen molar-refractivity contribution in [3.63, 3.8) is 0 Å². The largest absolute Gasteiger partial charge is 0.437 e. The molecule has 0 saturated carbocycles. The van der Waals surface area contributed by atoms with E-state index in [1.54, 1.807) is 0 Å². The topological polar surface area (TPSA) is 23.5 Å². The highest BCUT2D eigenvalue weighted by Crippen LogP contribution is 2.16. The molecule has 1 atom stereocenters. The van der Waals surface area contributed by atoms with Crippen LogP contribution >= 0.6 is 0 Å². The van der Waals surface area contributed by atoms with Gasteiger partial charge in [0.1, 0.15) is 0 Å². The molecule has 1 aliphatic rings. The highest BCUT2D eigenvalue weighted by Gasteiger charge is 2.23. The summed E-state index contributed by atoms with van der Waals surface area (Å²) in [5, 5.41) is 9.27. The Labute approximate surface area is 77.1 Å². The molecule has 1 saturated heterocycles. The maximum absolute atomic E-state index is 9.27. The van der Waals surface area contributed by atoms with Gasteiger partial charge < -0.3 is 9.83 Å². The number of nitrogens with zero attached hydrogens (tertiary/aromatic N) is 1. The Balaban J connectivity index is 0.000000561. The quantitative estimate of drug-likeness (QED) is 0.610. The fourth-order valence-corrected chi connectivity index (χ4v) is 1.68. The predicted molar refractivity (Wildman–Crippen MR) is 55.2 cm³/mol. The predicted octanol–water partition coefficient (Wildman–Crippen LogP) is 2.00. The Morgan fingerprint density at radius 3 is 2.25 bits per heavy atom. The second-order valence-corrected chi connectivity index (χ2v) is 3.21. The maximum atomic E-state index is 9.27. The third-order valence-electron chi connectivity index (χ3n) is 2.33. The van der Waals surface area contributed by atoms with Gasteiger partial charge in [0, 0.05) is 0 Å². The summed E-state index contributed by atoms with van der Waals surface area (Å²) in [6.45, 7) is 9.10. The SMILES string of the molecule is CB(O)N1CCCCC1C.CC. The second-order valence-electron chi connectivity index (χ2n) is 3.21. The fraction of sp³-hybridized carbons (Fsp3) is 1.00. The van der Waals surface area contributed by atoms with E-state index >= 15 is 0 Å². The van der Waals surface area contributed by atoms with Crippen molar-refractivity contribution in [2.24, 2.45) is 0 Å². The normalized spacial score (nSPS) is 24.2. The van der Waals surface area contributed by atoms with Crippen molar-refractivity contribution in [2.45, 2.75) is 52.9 Å². The third kappa shape index (κ3) is 3.59. The summed E-state index contributed by atoms with van der Waals surface area (Å²) in [5.41, 5.74) is 0. The smallest absolute Gasteiger partial charge is 0.376 e. The average Bonchev–Trinajstić information content (AvgIpc) is 2.08. The Hall–Kier alpha value is -0.0151. The van der Waals surface area contributed by atoms with Gasteiger partial charge in [-0.25, -0.2) is 0 Å². The minimum atomic E-state index is -0.254. The Morgan fingerprint density at radius 1 is 1.33 bits per heavy atom. The van der Waals surface area contributed by atoms with Gasteiger partial charge in [0.2, 0.25) is 0 Å². The zero-order chi connectivity index (χ0) is 9.56. The highest BCUT2D eigenvalue weighted by atomic mass is 16.2. The molecule has 1 unspecified atom stereocenters. The first kappa shape index (κ1) is 12.0. The van der Waals surface area contributed by atoms with E-state index in [4.69, 9.17) is 0 Å². The van der Waals surface area contributed by atoms with Gasteiger partial charge in [-0.05, 0) is 32.3 Å². The lowest BCUT2D eigenvalue weighted by Crippen LogP contribution is -2.46. The van der Waals surface area contributed by atoms with Crippen LogP contribution in [0.3, 0.4) is 0 Å². The van der Waals surface area contributed by atoms with Gasteiger partial charge >= 0.3 is 7.05 Å². The summed E-state index contributed by atoms with van der Waals surface area (Å²) in [7, 11) is -0.254. The van der Waals surface area contributed by atoms with Crippen LogP contribution in [0.4, 0.5) is 0 Å². The Kier molecular flexibility index (Phi) is 6.49. The maximum Gasteiger partial charge on any atom is 0.376 e. The molecule has 72 valence electrons. The van der Waals surface area contributed by atoms with Crippen LogP contribution in [0.25, 0.3) is 0 Å². The van der Waals surface area contributed by atoms with E-state index in [-0.39, 0.29) is 7.05 Å². The molecule has 0 aromatic carbocycles. The van der Waals surface area contributed by atoms with Crippen molar-refractivity contribution in [1.82, 2.24) is 4.81 Å². The molecule has 0 aliphatic carbocycles.